The van der Waals surface area contributed by atoms with Crippen LogP contribution in [0.2, 0.25) is 0 Å². The van der Waals surface area contributed by atoms with E-state index in [-0.39, 0.29) is 17.8 Å². The summed E-state index contributed by atoms with van der Waals surface area (Å²) in [7, 11) is 1.69. The van der Waals surface area contributed by atoms with Crippen LogP contribution in [0.25, 0.3) is 11.3 Å². The lowest BCUT2D eigenvalue weighted by atomic mass is 9.86. The SMILES string of the molecule is CC.COCc1cccc[n+]1[C@@H](C)C(C)c1cc(F)cc(C)c1-c1ccccn1. The summed E-state index contributed by atoms with van der Waals surface area (Å²) in [5.41, 5.74) is 4.85. The molecule has 2 aromatic heterocycles. The number of nitrogens with zero attached hydrogens (tertiary/aromatic N) is 2. The molecular weight excluding hydrogens is 363 g/mol. The zero-order chi connectivity index (χ0) is 21.4. The van der Waals surface area contributed by atoms with Crippen molar-refractivity contribution < 1.29 is 13.7 Å². The first-order chi connectivity index (χ1) is 14.0. The summed E-state index contributed by atoms with van der Waals surface area (Å²) >= 11 is 0. The van der Waals surface area contributed by atoms with Gasteiger partial charge in [-0.2, -0.15) is 4.57 Å². The van der Waals surface area contributed by atoms with Crippen LogP contribution < -0.4 is 4.57 Å². The molecule has 2 heterocycles. The fourth-order valence-electron chi connectivity index (χ4n) is 3.65. The van der Waals surface area contributed by atoms with Crippen LogP contribution in [0.3, 0.4) is 0 Å². The van der Waals surface area contributed by atoms with E-state index in [0.29, 0.717) is 6.61 Å². The number of pyridine rings is 2. The minimum absolute atomic E-state index is 0.0828. The Labute approximate surface area is 174 Å². The number of ether oxygens (including phenoxy) is 1. The van der Waals surface area contributed by atoms with Crippen molar-refractivity contribution in [1.82, 2.24) is 4.98 Å². The minimum Gasteiger partial charge on any atom is -0.374 e. The third-order valence-electron chi connectivity index (χ3n) is 5.18. The highest BCUT2D eigenvalue weighted by molar-refractivity contribution is 5.68. The van der Waals surface area contributed by atoms with Crippen LogP contribution in [0.1, 0.15) is 56.5 Å². The fourth-order valence-corrected chi connectivity index (χ4v) is 3.65. The van der Waals surface area contributed by atoms with Gasteiger partial charge in [0.2, 0.25) is 5.69 Å². The Morgan fingerprint density at radius 2 is 1.79 bits per heavy atom. The molecular formula is C25H32FN2O+. The molecule has 154 valence electrons. The standard InChI is InChI=1S/C23H26FN2O.C2H6/c1-16-13-19(24)14-21(23(16)22-10-5-7-11-25-22)17(2)18(3)26-12-8-6-9-20(26)15-27-4;1-2/h5-14,17-18H,15H2,1-4H3;1-2H3/q+1;/t17?,18-;/m0./s1. The van der Waals surface area contributed by atoms with Crippen LogP contribution in [-0.2, 0) is 11.3 Å². The molecule has 29 heavy (non-hydrogen) atoms. The van der Waals surface area contributed by atoms with E-state index in [1.807, 2.05) is 51.1 Å². The Morgan fingerprint density at radius 1 is 1.07 bits per heavy atom. The van der Waals surface area contributed by atoms with Crippen molar-refractivity contribution in [2.75, 3.05) is 7.11 Å². The van der Waals surface area contributed by atoms with Crippen molar-refractivity contribution in [2.24, 2.45) is 0 Å². The molecule has 0 amide bonds. The molecule has 1 aromatic carbocycles. The summed E-state index contributed by atoms with van der Waals surface area (Å²) < 4.78 is 21.9. The minimum atomic E-state index is -0.212. The average Bonchev–Trinajstić information content (AvgIpc) is 2.75. The number of benzene rings is 1. The van der Waals surface area contributed by atoms with Crippen LogP contribution >= 0.6 is 0 Å². The maximum absolute atomic E-state index is 14.3. The molecule has 0 fully saturated rings. The molecule has 1 unspecified atom stereocenters. The Kier molecular flexibility index (Phi) is 8.47. The van der Waals surface area contributed by atoms with Crippen molar-refractivity contribution in [3.05, 3.63) is 83.6 Å². The topological polar surface area (TPSA) is 26.0 Å². The second-order valence-corrected chi connectivity index (χ2v) is 6.96. The fraction of sp³-hybridized carbons (Fsp3) is 0.360. The van der Waals surface area contributed by atoms with E-state index in [1.165, 1.54) is 0 Å². The summed E-state index contributed by atoms with van der Waals surface area (Å²) in [5, 5.41) is 0. The molecule has 0 N–H and O–H groups in total. The largest absolute Gasteiger partial charge is 0.374 e. The summed E-state index contributed by atoms with van der Waals surface area (Å²) in [6.45, 7) is 10.8. The maximum atomic E-state index is 14.3. The molecule has 3 aromatic rings. The first-order valence-electron chi connectivity index (χ1n) is 10.2. The summed E-state index contributed by atoms with van der Waals surface area (Å²) in [6, 6.07) is 15.3. The van der Waals surface area contributed by atoms with Crippen molar-refractivity contribution >= 4 is 0 Å². The Bertz CT molecular complexity index is 912. The van der Waals surface area contributed by atoms with E-state index in [1.54, 1.807) is 25.4 Å². The Balaban J connectivity index is 0.00000145. The summed E-state index contributed by atoms with van der Waals surface area (Å²) in [4.78, 5) is 4.51. The third kappa shape index (κ3) is 5.27. The highest BCUT2D eigenvalue weighted by atomic mass is 19.1. The lowest BCUT2D eigenvalue weighted by Crippen LogP contribution is -2.44. The van der Waals surface area contributed by atoms with E-state index in [9.17, 15) is 4.39 Å². The number of aryl methyl sites for hydroxylation is 1. The molecule has 0 aliphatic rings. The Hall–Kier alpha value is -2.59. The van der Waals surface area contributed by atoms with E-state index < -0.39 is 0 Å². The van der Waals surface area contributed by atoms with Crippen LogP contribution in [0, 0.1) is 12.7 Å². The zero-order valence-corrected chi connectivity index (χ0v) is 18.3. The number of aromatic nitrogens is 2. The number of methoxy groups -OCH3 is 1. The second kappa shape index (κ2) is 10.8. The van der Waals surface area contributed by atoms with Crippen LogP contribution in [-0.4, -0.2) is 12.1 Å². The van der Waals surface area contributed by atoms with Gasteiger partial charge < -0.3 is 4.74 Å². The van der Waals surface area contributed by atoms with Crippen LogP contribution in [0.4, 0.5) is 4.39 Å². The van der Waals surface area contributed by atoms with Crippen LogP contribution in [0.5, 0.6) is 0 Å². The van der Waals surface area contributed by atoms with Crippen LogP contribution in [0.15, 0.2) is 60.9 Å². The van der Waals surface area contributed by atoms with Gasteiger partial charge in [0, 0.05) is 36.9 Å². The van der Waals surface area contributed by atoms with Gasteiger partial charge >= 0.3 is 0 Å². The van der Waals surface area contributed by atoms with Crippen molar-refractivity contribution in [3.63, 3.8) is 0 Å². The Morgan fingerprint density at radius 3 is 2.45 bits per heavy atom. The molecule has 3 nitrogen and oxygen atoms in total. The number of rotatable bonds is 6. The van der Waals surface area contributed by atoms with E-state index >= 15 is 0 Å². The van der Waals surface area contributed by atoms with Gasteiger partial charge in [-0.1, -0.05) is 32.9 Å². The van der Waals surface area contributed by atoms with Gasteiger partial charge in [-0.05, 0) is 49.2 Å². The smallest absolute Gasteiger partial charge is 0.207 e. The van der Waals surface area contributed by atoms with Crippen molar-refractivity contribution in [2.45, 2.75) is 53.2 Å². The predicted molar refractivity (Wildman–Crippen MR) is 116 cm³/mol. The quantitative estimate of drug-likeness (QED) is 0.477. The normalized spacial score (nSPS) is 12.7. The van der Waals surface area contributed by atoms with Gasteiger partial charge in [0.15, 0.2) is 12.2 Å². The molecule has 3 rings (SSSR count). The molecule has 0 bridgehead atoms. The van der Waals surface area contributed by atoms with E-state index in [2.05, 4.69) is 35.7 Å². The van der Waals surface area contributed by atoms with Gasteiger partial charge in [-0.15, -0.1) is 0 Å². The lowest BCUT2D eigenvalue weighted by Gasteiger charge is -2.22. The number of hydrogen-bond donors (Lipinski definition) is 0. The number of halogens is 1. The predicted octanol–water partition coefficient (Wildman–Crippen LogP) is 6.02. The summed E-state index contributed by atoms with van der Waals surface area (Å²) in [6.07, 6.45) is 3.83. The molecule has 0 aliphatic carbocycles. The molecule has 0 saturated carbocycles. The van der Waals surface area contributed by atoms with E-state index in [0.717, 1.165) is 28.1 Å². The van der Waals surface area contributed by atoms with Crippen molar-refractivity contribution in [1.29, 1.82) is 0 Å². The molecule has 2 atom stereocenters. The molecule has 0 saturated heterocycles. The van der Waals surface area contributed by atoms with Gasteiger partial charge in [-0.3, -0.25) is 4.98 Å². The van der Waals surface area contributed by atoms with Gasteiger partial charge in [0.25, 0.3) is 0 Å². The summed E-state index contributed by atoms with van der Waals surface area (Å²) in [5.74, 6) is -0.129. The van der Waals surface area contributed by atoms with Gasteiger partial charge in [0.1, 0.15) is 12.4 Å². The van der Waals surface area contributed by atoms with Gasteiger partial charge in [-0.25, -0.2) is 4.39 Å². The second-order valence-electron chi connectivity index (χ2n) is 6.96. The zero-order valence-electron chi connectivity index (χ0n) is 18.3. The molecule has 0 radical (unpaired) electrons. The highest BCUT2D eigenvalue weighted by Crippen LogP contribution is 2.35. The first-order valence-corrected chi connectivity index (χ1v) is 10.2. The highest BCUT2D eigenvalue weighted by Gasteiger charge is 2.28. The lowest BCUT2D eigenvalue weighted by molar-refractivity contribution is -0.730. The third-order valence-corrected chi connectivity index (χ3v) is 5.18. The van der Waals surface area contributed by atoms with E-state index in [4.69, 9.17) is 4.74 Å². The monoisotopic (exact) mass is 395 g/mol. The van der Waals surface area contributed by atoms with Gasteiger partial charge in [0.05, 0.1) is 5.69 Å². The molecule has 4 heteroatoms. The molecule has 0 aliphatic heterocycles. The molecule has 0 spiro atoms. The first kappa shape index (κ1) is 22.7. The number of hydrogen-bond acceptors (Lipinski definition) is 2. The van der Waals surface area contributed by atoms with Crippen molar-refractivity contribution in [3.8, 4) is 11.3 Å². The maximum Gasteiger partial charge on any atom is 0.207 e. The average molecular weight is 396 g/mol.